The van der Waals surface area contributed by atoms with Crippen molar-refractivity contribution < 1.29 is 9.59 Å². The first-order chi connectivity index (χ1) is 20.1. The molecule has 2 amide bonds. The van der Waals surface area contributed by atoms with Gasteiger partial charge in [-0.2, -0.15) is 0 Å². The molecule has 1 aliphatic rings. The van der Waals surface area contributed by atoms with Crippen LogP contribution in [-0.4, -0.2) is 71.9 Å². The van der Waals surface area contributed by atoms with E-state index in [0.717, 1.165) is 43.5 Å². The summed E-state index contributed by atoms with van der Waals surface area (Å²) in [6.07, 6.45) is 2.95. The predicted octanol–water partition coefficient (Wildman–Crippen LogP) is 3.91. The molecule has 1 fully saturated rings. The van der Waals surface area contributed by atoms with Crippen molar-refractivity contribution in [3.05, 3.63) is 82.9 Å². The van der Waals surface area contributed by atoms with Crippen LogP contribution in [0.25, 0.3) is 10.8 Å². The Morgan fingerprint density at radius 3 is 2.52 bits per heavy atom. The molecule has 3 atom stereocenters. The normalized spacial score (nSPS) is 18.0. The summed E-state index contributed by atoms with van der Waals surface area (Å²) in [5.41, 5.74) is 10.2. The summed E-state index contributed by atoms with van der Waals surface area (Å²) >= 11 is 0. The molecule has 3 aromatic carbocycles. The molecule has 8 nitrogen and oxygen atoms in total. The van der Waals surface area contributed by atoms with Crippen molar-refractivity contribution in [2.75, 3.05) is 26.2 Å². The van der Waals surface area contributed by atoms with E-state index in [9.17, 15) is 9.59 Å². The van der Waals surface area contributed by atoms with Gasteiger partial charge in [0.15, 0.2) is 5.96 Å². The zero-order chi connectivity index (χ0) is 30.2. The molecule has 1 saturated heterocycles. The van der Waals surface area contributed by atoms with Crippen LogP contribution in [0.2, 0.25) is 0 Å². The van der Waals surface area contributed by atoms with Gasteiger partial charge in [0.05, 0.1) is 0 Å². The van der Waals surface area contributed by atoms with E-state index in [0.29, 0.717) is 19.5 Å². The second-order valence-corrected chi connectivity index (χ2v) is 11.8. The molecule has 0 aliphatic carbocycles. The molecule has 1 aliphatic heterocycles. The van der Waals surface area contributed by atoms with Gasteiger partial charge in [-0.05, 0) is 67.5 Å². The zero-order valence-corrected chi connectivity index (χ0v) is 25.5. The first kappa shape index (κ1) is 31.0. The van der Waals surface area contributed by atoms with Crippen molar-refractivity contribution in [1.82, 2.24) is 20.4 Å². The highest BCUT2D eigenvalue weighted by atomic mass is 16.2. The van der Waals surface area contributed by atoms with E-state index in [4.69, 9.17) is 11.1 Å². The van der Waals surface area contributed by atoms with Crippen molar-refractivity contribution in [2.24, 2.45) is 5.73 Å². The Kier molecular flexibility index (Phi) is 10.6. The zero-order valence-electron chi connectivity index (χ0n) is 25.5. The lowest BCUT2D eigenvalue weighted by Crippen LogP contribution is -2.62. The van der Waals surface area contributed by atoms with E-state index < -0.39 is 6.04 Å². The number of nitrogens with two attached hydrogens (primary N) is 1. The Balaban J connectivity index is 1.50. The van der Waals surface area contributed by atoms with Crippen LogP contribution >= 0.6 is 0 Å². The maximum absolute atomic E-state index is 14.1. The Bertz CT molecular complexity index is 1410. The largest absolute Gasteiger partial charge is 0.370 e. The van der Waals surface area contributed by atoms with Gasteiger partial charge in [-0.1, -0.05) is 66.2 Å². The third-order valence-electron chi connectivity index (χ3n) is 8.38. The van der Waals surface area contributed by atoms with Crippen LogP contribution in [0.3, 0.4) is 0 Å². The van der Waals surface area contributed by atoms with Crippen molar-refractivity contribution in [2.45, 2.75) is 71.5 Å². The molecule has 5 N–H and O–H groups in total. The van der Waals surface area contributed by atoms with Gasteiger partial charge >= 0.3 is 0 Å². The fraction of sp³-hybridized carbons (Fsp3) is 0.441. The van der Waals surface area contributed by atoms with Crippen LogP contribution < -0.4 is 16.4 Å². The van der Waals surface area contributed by atoms with Gasteiger partial charge in [-0.3, -0.25) is 19.9 Å². The second kappa shape index (κ2) is 14.3. The molecular formula is C34H46N6O2. The Morgan fingerprint density at radius 2 is 1.81 bits per heavy atom. The van der Waals surface area contributed by atoms with E-state index in [1.807, 2.05) is 4.90 Å². The van der Waals surface area contributed by atoms with Crippen LogP contribution in [0.15, 0.2) is 60.7 Å². The molecule has 0 saturated carbocycles. The number of hydrogen-bond donors (Lipinski definition) is 4. The highest BCUT2D eigenvalue weighted by Crippen LogP contribution is 2.23. The molecule has 0 bridgehead atoms. The van der Waals surface area contributed by atoms with Gasteiger partial charge in [-0.15, -0.1) is 0 Å². The highest BCUT2D eigenvalue weighted by molar-refractivity contribution is 5.87. The van der Waals surface area contributed by atoms with Crippen LogP contribution in [0.1, 0.15) is 48.9 Å². The summed E-state index contributed by atoms with van der Waals surface area (Å²) in [6.45, 7) is 10.6. The van der Waals surface area contributed by atoms with Crippen LogP contribution in [0, 0.1) is 19.3 Å². The lowest BCUT2D eigenvalue weighted by Gasteiger charge is -2.46. The van der Waals surface area contributed by atoms with Gasteiger partial charge in [0.2, 0.25) is 11.8 Å². The Labute approximate surface area is 250 Å². The molecule has 8 heteroatoms. The maximum Gasteiger partial charge on any atom is 0.245 e. The summed E-state index contributed by atoms with van der Waals surface area (Å²) in [5, 5.41) is 15.8. The molecular weight excluding hydrogens is 524 g/mol. The molecule has 4 rings (SSSR count). The first-order valence-corrected chi connectivity index (χ1v) is 15.0. The number of nitrogens with one attached hydrogen (secondary N) is 3. The Hall–Kier alpha value is -3.91. The molecule has 0 radical (unpaired) electrons. The quantitative estimate of drug-likeness (QED) is 0.159. The van der Waals surface area contributed by atoms with Crippen molar-refractivity contribution in [3.8, 4) is 0 Å². The number of carbonyl (C=O) groups is 2. The smallest absolute Gasteiger partial charge is 0.245 e. The molecule has 3 aromatic rings. The van der Waals surface area contributed by atoms with E-state index >= 15 is 0 Å². The van der Waals surface area contributed by atoms with Gasteiger partial charge < -0.3 is 21.3 Å². The predicted molar refractivity (Wildman–Crippen MR) is 171 cm³/mol. The fourth-order valence-electron chi connectivity index (χ4n) is 6.10. The number of fused-ring (bicyclic) bond motifs is 1. The summed E-state index contributed by atoms with van der Waals surface area (Å²) in [5.74, 6) is -0.283. The van der Waals surface area contributed by atoms with E-state index in [1.54, 1.807) is 0 Å². The number of aryl methyl sites for hydroxylation is 2. The summed E-state index contributed by atoms with van der Waals surface area (Å²) in [7, 11) is 0. The topological polar surface area (TPSA) is 115 Å². The number of hydrogen-bond acceptors (Lipinski definition) is 4. The number of piperazine rings is 1. The number of benzene rings is 3. The molecule has 0 unspecified atom stereocenters. The molecule has 42 heavy (non-hydrogen) atoms. The average molecular weight is 571 g/mol. The van der Waals surface area contributed by atoms with Crippen LogP contribution in [-0.2, 0) is 22.4 Å². The summed E-state index contributed by atoms with van der Waals surface area (Å²) in [4.78, 5) is 30.8. The number of nitrogens with zero attached hydrogens (tertiary/aromatic N) is 2. The standard InChI is InChI=1S/C34H46N6O2/c1-23-11-13-29(24(2)18-23)20-32(38-26(4)41)33(42)40-21-25(3)39(22-31(40)10-7-16-37-34(35)36)17-15-27-12-14-28-8-5-6-9-30(28)19-27/h5-6,8-9,11-14,18-19,25,31-32H,7,10,15-17,20-22H2,1-4H3,(H,38,41)(H4,35,36,37)/t25-,31+,32-/m1/s1. The first-order valence-electron chi connectivity index (χ1n) is 15.0. The lowest BCUT2D eigenvalue weighted by molar-refractivity contribution is -0.142. The van der Waals surface area contributed by atoms with Gasteiger partial charge in [0.1, 0.15) is 6.04 Å². The number of guanidine groups is 1. The van der Waals surface area contributed by atoms with Crippen LogP contribution in [0.4, 0.5) is 0 Å². The summed E-state index contributed by atoms with van der Waals surface area (Å²) < 4.78 is 0. The maximum atomic E-state index is 14.1. The number of carbonyl (C=O) groups excluding carboxylic acids is 2. The lowest BCUT2D eigenvalue weighted by atomic mass is 9.96. The van der Waals surface area contributed by atoms with E-state index in [-0.39, 0.29) is 29.9 Å². The minimum Gasteiger partial charge on any atom is -0.370 e. The molecule has 0 spiro atoms. The van der Waals surface area contributed by atoms with Gasteiger partial charge in [0.25, 0.3) is 0 Å². The van der Waals surface area contributed by atoms with Crippen molar-refractivity contribution in [3.63, 3.8) is 0 Å². The monoisotopic (exact) mass is 570 g/mol. The van der Waals surface area contributed by atoms with E-state index in [2.05, 4.69) is 97.0 Å². The van der Waals surface area contributed by atoms with Gasteiger partial charge in [0, 0.05) is 51.6 Å². The third-order valence-corrected chi connectivity index (χ3v) is 8.38. The highest BCUT2D eigenvalue weighted by Gasteiger charge is 2.37. The SMILES string of the molecule is CC(=O)N[C@H](Cc1ccc(C)cc1C)C(=O)N1C[C@@H](C)N(CCc2ccc3ccccc3c2)C[C@@H]1CCCNC(=N)N. The van der Waals surface area contributed by atoms with Crippen LogP contribution in [0.5, 0.6) is 0 Å². The summed E-state index contributed by atoms with van der Waals surface area (Å²) in [6, 6.07) is 20.9. The minimum absolute atomic E-state index is 0.00515. The second-order valence-electron chi connectivity index (χ2n) is 11.8. The number of amides is 2. The molecule has 0 aromatic heterocycles. The number of rotatable bonds is 11. The Morgan fingerprint density at radius 1 is 1.05 bits per heavy atom. The van der Waals surface area contributed by atoms with Crippen molar-refractivity contribution in [1.29, 1.82) is 5.41 Å². The van der Waals surface area contributed by atoms with E-state index in [1.165, 1.54) is 28.8 Å². The van der Waals surface area contributed by atoms with Gasteiger partial charge in [-0.25, -0.2) is 0 Å². The molecule has 1 heterocycles. The third kappa shape index (κ3) is 8.32. The molecule has 224 valence electrons. The fourth-order valence-corrected chi connectivity index (χ4v) is 6.10. The average Bonchev–Trinajstić information content (AvgIpc) is 2.95. The van der Waals surface area contributed by atoms with Crippen molar-refractivity contribution >= 4 is 28.5 Å². The minimum atomic E-state index is -0.627.